The quantitative estimate of drug-likeness (QED) is 0.323. The zero-order valence-corrected chi connectivity index (χ0v) is 19.7. The number of nitrogens with one attached hydrogen (secondary N) is 1. The SMILES string of the molecule is COc1ccc(-c2c(OCC(=O)Nc3cccc4ccccc34)oc3ccccc3c2=O)cc1OC. The smallest absolute Gasteiger partial charge is 0.297 e. The lowest BCUT2D eigenvalue weighted by molar-refractivity contribution is -0.118. The summed E-state index contributed by atoms with van der Waals surface area (Å²) >= 11 is 0. The van der Waals surface area contributed by atoms with Crippen molar-refractivity contribution in [2.45, 2.75) is 0 Å². The van der Waals surface area contributed by atoms with Gasteiger partial charge in [-0.2, -0.15) is 0 Å². The summed E-state index contributed by atoms with van der Waals surface area (Å²) in [6.07, 6.45) is 0. The molecule has 5 aromatic rings. The Labute approximate surface area is 206 Å². The average molecular weight is 482 g/mol. The van der Waals surface area contributed by atoms with Gasteiger partial charge in [0.15, 0.2) is 18.1 Å². The second-order valence-electron chi connectivity index (χ2n) is 8.02. The van der Waals surface area contributed by atoms with Crippen LogP contribution in [-0.2, 0) is 4.79 Å². The van der Waals surface area contributed by atoms with Gasteiger partial charge in [0.1, 0.15) is 11.1 Å². The molecule has 5 rings (SSSR count). The van der Waals surface area contributed by atoms with E-state index in [1.807, 2.05) is 42.5 Å². The standard InChI is InChI=1S/C29H23NO6/c1-33-24-15-14-19(16-25(24)34-2)27-28(32)21-11-5-6-13-23(21)36-29(27)35-17-26(31)30-22-12-7-9-18-8-3-4-10-20(18)22/h3-16H,17H2,1-2H3,(H,30,31). The largest absolute Gasteiger partial charge is 0.493 e. The van der Waals surface area contributed by atoms with E-state index < -0.39 is 0 Å². The minimum Gasteiger partial charge on any atom is -0.493 e. The summed E-state index contributed by atoms with van der Waals surface area (Å²) < 4.78 is 22.5. The highest BCUT2D eigenvalue weighted by Crippen LogP contribution is 2.36. The molecular formula is C29H23NO6. The van der Waals surface area contributed by atoms with E-state index in [-0.39, 0.29) is 29.5 Å². The molecule has 0 bridgehead atoms. The molecule has 1 amide bonds. The summed E-state index contributed by atoms with van der Waals surface area (Å²) in [4.78, 5) is 26.3. The molecule has 1 aromatic heterocycles. The zero-order valence-electron chi connectivity index (χ0n) is 19.7. The molecule has 36 heavy (non-hydrogen) atoms. The number of benzene rings is 4. The number of fused-ring (bicyclic) bond motifs is 2. The molecule has 180 valence electrons. The molecule has 0 unspecified atom stereocenters. The Bertz CT molecular complexity index is 1630. The van der Waals surface area contributed by atoms with Crippen LogP contribution >= 0.6 is 0 Å². The maximum absolute atomic E-state index is 13.5. The van der Waals surface area contributed by atoms with E-state index >= 15 is 0 Å². The van der Waals surface area contributed by atoms with Crippen molar-refractivity contribution in [2.75, 3.05) is 26.1 Å². The lowest BCUT2D eigenvalue weighted by atomic mass is 10.0. The molecule has 0 radical (unpaired) electrons. The minimum atomic E-state index is -0.388. The fourth-order valence-corrected chi connectivity index (χ4v) is 4.12. The Hall–Kier alpha value is -4.78. The van der Waals surface area contributed by atoms with Gasteiger partial charge in [0.05, 0.1) is 19.6 Å². The summed E-state index contributed by atoms with van der Waals surface area (Å²) in [5, 5.41) is 5.20. The number of rotatable bonds is 7. The Kier molecular flexibility index (Phi) is 6.28. The number of anilines is 1. The van der Waals surface area contributed by atoms with Crippen LogP contribution < -0.4 is 25.0 Å². The molecule has 0 aliphatic rings. The number of ether oxygens (including phenoxy) is 3. The predicted octanol–water partition coefficient (Wildman–Crippen LogP) is 5.65. The Morgan fingerprint density at radius 3 is 2.36 bits per heavy atom. The third-order valence-electron chi connectivity index (χ3n) is 5.84. The van der Waals surface area contributed by atoms with Crippen LogP contribution in [0.2, 0.25) is 0 Å². The molecule has 0 atom stereocenters. The van der Waals surface area contributed by atoms with Crippen LogP contribution in [0, 0.1) is 0 Å². The predicted molar refractivity (Wildman–Crippen MR) is 139 cm³/mol. The maximum atomic E-state index is 13.5. The van der Waals surface area contributed by atoms with E-state index in [4.69, 9.17) is 18.6 Å². The molecule has 0 saturated carbocycles. The molecule has 0 aliphatic heterocycles. The van der Waals surface area contributed by atoms with Crippen molar-refractivity contribution in [3.63, 3.8) is 0 Å². The summed E-state index contributed by atoms with van der Waals surface area (Å²) in [5.74, 6) is 0.518. The number of hydrogen-bond acceptors (Lipinski definition) is 6. The van der Waals surface area contributed by atoms with Crippen molar-refractivity contribution < 1.29 is 23.4 Å². The van der Waals surface area contributed by atoms with Gasteiger partial charge in [-0.05, 0) is 41.3 Å². The van der Waals surface area contributed by atoms with Gasteiger partial charge < -0.3 is 23.9 Å². The highest BCUT2D eigenvalue weighted by molar-refractivity contribution is 6.02. The van der Waals surface area contributed by atoms with Crippen molar-refractivity contribution in [1.82, 2.24) is 0 Å². The van der Waals surface area contributed by atoms with Crippen molar-refractivity contribution >= 4 is 33.3 Å². The fraction of sp³-hybridized carbons (Fsp3) is 0.103. The average Bonchev–Trinajstić information content (AvgIpc) is 2.92. The van der Waals surface area contributed by atoms with Gasteiger partial charge in [-0.15, -0.1) is 0 Å². The second kappa shape index (κ2) is 9.84. The van der Waals surface area contributed by atoms with Crippen molar-refractivity contribution in [3.8, 4) is 28.6 Å². The second-order valence-corrected chi connectivity index (χ2v) is 8.02. The van der Waals surface area contributed by atoms with Gasteiger partial charge in [-0.1, -0.05) is 54.6 Å². The first-order valence-corrected chi connectivity index (χ1v) is 11.3. The molecule has 0 fully saturated rings. The number of para-hydroxylation sites is 1. The van der Waals surface area contributed by atoms with E-state index in [0.29, 0.717) is 33.7 Å². The third kappa shape index (κ3) is 4.34. The van der Waals surface area contributed by atoms with Crippen molar-refractivity contribution in [2.24, 2.45) is 0 Å². The number of carbonyl (C=O) groups is 1. The van der Waals surface area contributed by atoms with Gasteiger partial charge in [0.25, 0.3) is 11.9 Å². The lowest BCUT2D eigenvalue weighted by Crippen LogP contribution is -2.21. The van der Waals surface area contributed by atoms with Gasteiger partial charge in [-0.3, -0.25) is 9.59 Å². The molecule has 0 spiro atoms. The first-order chi connectivity index (χ1) is 17.6. The molecule has 1 heterocycles. The first-order valence-electron chi connectivity index (χ1n) is 11.3. The number of methoxy groups -OCH3 is 2. The Balaban J connectivity index is 1.49. The highest BCUT2D eigenvalue weighted by atomic mass is 16.6. The number of carbonyl (C=O) groups excluding carboxylic acids is 1. The lowest BCUT2D eigenvalue weighted by Gasteiger charge is -2.14. The zero-order chi connectivity index (χ0) is 25.1. The summed E-state index contributed by atoms with van der Waals surface area (Å²) in [6.45, 7) is -0.356. The van der Waals surface area contributed by atoms with Crippen LogP contribution in [-0.4, -0.2) is 26.7 Å². The fourth-order valence-electron chi connectivity index (χ4n) is 4.12. The van der Waals surface area contributed by atoms with Crippen LogP contribution in [0.5, 0.6) is 17.4 Å². The molecule has 0 aliphatic carbocycles. The van der Waals surface area contributed by atoms with Crippen LogP contribution in [0.1, 0.15) is 0 Å². The minimum absolute atomic E-state index is 0.0565. The first kappa shape index (κ1) is 23.0. The number of hydrogen-bond donors (Lipinski definition) is 1. The summed E-state index contributed by atoms with van der Waals surface area (Å²) in [7, 11) is 3.05. The van der Waals surface area contributed by atoms with Crippen LogP contribution in [0.4, 0.5) is 5.69 Å². The van der Waals surface area contributed by atoms with E-state index in [1.54, 1.807) is 42.5 Å². The van der Waals surface area contributed by atoms with Crippen LogP contribution in [0.25, 0.3) is 32.9 Å². The molecule has 0 saturated heterocycles. The van der Waals surface area contributed by atoms with Crippen molar-refractivity contribution in [3.05, 3.63) is 95.2 Å². The molecule has 7 nitrogen and oxygen atoms in total. The van der Waals surface area contributed by atoms with E-state index in [2.05, 4.69) is 5.32 Å². The van der Waals surface area contributed by atoms with Crippen LogP contribution in [0.15, 0.2) is 94.1 Å². The maximum Gasteiger partial charge on any atom is 0.297 e. The highest BCUT2D eigenvalue weighted by Gasteiger charge is 2.20. The third-order valence-corrected chi connectivity index (χ3v) is 5.84. The molecule has 4 aromatic carbocycles. The van der Waals surface area contributed by atoms with E-state index in [0.717, 1.165) is 10.8 Å². The number of amides is 1. The molecule has 7 heteroatoms. The van der Waals surface area contributed by atoms with Gasteiger partial charge >= 0.3 is 0 Å². The Morgan fingerprint density at radius 2 is 1.56 bits per heavy atom. The molecular weight excluding hydrogens is 458 g/mol. The van der Waals surface area contributed by atoms with E-state index in [9.17, 15) is 9.59 Å². The summed E-state index contributed by atoms with van der Waals surface area (Å²) in [6, 6.07) is 25.4. The van der Waals surface area contributed by atoms with Crippen molar-refractivity contribution in [1.29, 1.82) is 0 Å². The van der Waals surface area contributed by atoms with Crippen LogP contribution in [0.3, 0.4) is 0 Å². The monoisotopic (exact) mass is 481 g/mol. The normalized spacial score (nSPS) is 10.8. The van der Waals surface area contributed by atoms with Gasteiger partial charge in [0.2, 0.25) is 5.43 Å². The topological polar surface area (TPSA) is 87.0 Å². The van der Waals surface area contributed by atoms with Gasteiger partial charge in [-0.25, -0.2) is 0 Å². The summed E-state index contributed by atoms with van der Waals surface area (Å²) in [5.41, 5.74) is 1.44. The molecule has 1 N–H and O–H groups in total. The van der Waals surface area contributed by atoms with E-state index in [1.165, 1.54) is 14.2 Å². The Morgan fingerprint density at radius 1 is 0.833 bits per heavy atom. The van der Waals surface area contributed by atoms with Gasteiger partial charge in [0, 0.05) is 11.1 Å².